The van der Waals surface area contributed by atoms with Crippen LogP contribution in [0.25, 0.3) is 4.96 Å². The Kier molecular flexibility index (Phi) is 3.02. The van der Waals surface area contributed by atoms with Crippen LogP contribution in [0.15, 0.2) is 29.1 Å². The summed E-state index contributed by atoms with van der Waals surface area (Å²) in [7, 11) is 0. The summed E-state index contributed by atoms with van der Waals surface area (Å²) in [6.45, 7) is 5.80. The Morgan fingerprint density at radius 1 is 1.25 bits per heavy atom. The molecule has 0 saturated carbocycles. The zero-order valence-electron chi connectivity index (χ0n) is 11.4. The number of hydrogen-bond acceptors (Lipinski definition) is 5. The standard InChI is InChI=1S/C14H13N3O2S/c1-8-5-4-6-11(10(8)3)19-14-16-17-12(18)7-9(2)15-13(17)20-14/h4-7H,1-3H3. The van der Waals surface area contributed by atoms with Gasteiger partial charge in [-0.1, -0.05) is 12.1 Å². The number of nitrogens with zero attached hydrogens (tertiary/aromatic N) is 3. The highest BCUT2D eigenvalue weighted by Crippen LogP contribution is 2.29. The fourth-order valence-corrected chi connectivity index (χ4v) is 2.69. The van der Waals surface area contributed by atoms with Crippen LogP contribution in [-0.2, 0) is 0 Å². The first-order valence-corrected chi connectivity index (χ1v) is 6.98. The smallest absolute Gasteiger partial charge is 0.299 e. The van der Waals surface area contributed by atoms with Gasteiger partial charge in [-0.25, -0.2) is 4.98 Å². The van der Waals surface area contributed by atoms with Gasteiger partial charge in [0.1, 0.15) is 5.75 Å². The van der Waals surface area contributed by atoms with E-state index in [-0.39, 0.29) is 5.56 Å². The predicted octanol–water partition coefficient (Wildman–Crippen LogP) is 2.87. The van der Waals surface area contributed by atoms with Crippen LogP contribution in [0.3, 0.4) is 0 Å². The number of rotatable bonds is 2. The van der Waals surface area contributed by atoms with Crippen LogP contribution < -0.4 is 10.3 Å². The molecule has 6 heteroatoms. The van der Waals surface area contributed by atoms with Crippen molar-refractivity contribution >= 4 is 16.3 Å². The van der Waals surface area contributed by atoms with Crippen molar-refractivity contribution in [2.75, 3.05) is 0 Å². The fourth-order valence-electron chi connectivity index (χ4n) is 1.87. The molecule has 0 aliphatic carbocycles. The van der Waals surface area contributed by atoms with Crippen molar-refractivity contribution in [1.82, 2.24) is 14.6 Å². The molecule has 0 radical (unpaired) electrons. The quantitative estimate of drug-likeness (QED) is 0.727. The van der Waals surface area contributed by atoms with Gasteiger partial charge in [-0.05, 0) is 49.3 Å². The van der Waals surface area contributed by atoms with Crippen molar-refractivity contribution in [3.05, 3.63) is 51.4 Å². The molecule has 0 bridgehead atoms. The van der Waals surface area contributed by atoms with E-state index in [1.807, 2.05) is 32.0 Å². The van der Waals surface area contributed by atoms with Crippen molar-refractivity contribution in [1.29, 1.82) is 0 Å². The van der Waals surface area contributed by atoms with Gasteiger partial charge < -0.3 is 4.74 Å². The Hall–Kier alpha value is -2.21. The fraction of sp³-hybridized carbons (Fsp3) is 0.214. The molecule has 0 N–H and O–H groups in total. The summed E-state index contributed by atoms with van der Waals surface area (Å²) in [5.74, 6) is 0.744. The number of hydrogen-bond donors (Lipinski definition) is 0. The van der Waals surface area contributed by atoms with E-state index in [2.05, 4.69) is 10.1 Å². The molecule has 0 fully saturated rings. The second-order valence-corrected chi connectivity index (χ2v) is 5.52. The SMILES string of the molecule is Cc1cc(=O)n2nc(Oc3cccc(C)c3C)sc2n1. The van der Waals surface area contributed by atoms with E-state index in [0.717, 1.165) is 16.9 Å². The highest BCUT2D eigenvalue weighted by molar-refractivity contribution is 7.18. The van der Waals surface area contributed by atoms with Gasteiger partial charge >= 0.3 is 0 Å². The molecule has 20 heavy (non-hydrogen) atoms. The number of fused-ring (bicyclic) bond motifs is 1. The van der Waals surface area contributed by atoms with Crippen LogP contribution in [0.5, 0.6) is 10.9 Å². The maximum Gasteiger partial charge on any atom is 0.299 e. The van der Waals surface area contributed by atoms with E-state index >= 15 is 0 Å². The molecule has 0 atom stereocenters. The van der Waals surface area contributed by atoms with E-state index in [9.17, 15) is 4.79 Å². The van der Waals surface area contributed by atoms with Crippen LogP contribution >= 0.6 is 11.3 Å². The van der Waals surface area contributed by atoms with Crippen molar-refractivity contribution < 1.29 is 4.74 Å². The molecule has 5 nitrogen and oxygen atoms in total. The summed E-state index contributed by atoms with van der Waals surface area (Å²) >= 11 is 1.25. The summed E-state index contributed by atoms with van der Waals surface area (Å²) in [5, 5.41) is 4.57. The Labute approximate surface area is 119 Å². The number of ether oxygens (including phenoxy) is 1. The van der Waals surface area contributed by atoms with Gasteiger partial charge in [0, 0.05) is 11.8 Å². The van der Waals surface area contributed by atoms with E-state index in [1.165, 1.54) is 21.9 Å². The Bertz CT molecular complexity index is 851. The van der Waals surface area contributed by atoms with Gasteiger partial charge in [0.2, 0.25) is 4.96 Å². The minimum atomic E-state index is -0.195. The lowest BCUT2D eigenvalue weighted by Gasteiger charge is -2.06. The lowest BCUT2D eigenvalue weighted by atomic mass is 10.1. The largest absolute Gasteiger partial charge is 0.430 e. The van der Waals surface area contributed by atoms with Gasteiger partial charge in [0.05, 0.1) is 0 Å². The van der Waals surface area contributed by atoms with Crippen LogP contribution in [0.1, 0.15) is 16.8 Å². The molecule has 3 aromatic rings. The molecule has 0 aliphatic rings. The molecule has 3 rings (SSSR count). The van der Waals surface area contributed by atoms with Crippen molar-refractivity contribution in [2.24, 2.45) is 0 Å². The summed E-state index contributed by atoms with van der Waals surface area (Å²) in [4.78, 5) is 16.6. The monoisotopic (exact) mass is 287 g/mol. The third-order valence-electron chi connectivity index (χ3n) is 3.11. The third kappa shape index (κ3) is 2.18. The molecular weight excluding hydrogens is 274 g/mol. The Balaban J connectivity index is 2.05. The maximum atomic E-state index is 11.8. The zero-order chi connectivity index (χ0) is 14.3. The van der Waals surface area contributed by atoms with Crippen LogP contribution in [0.2, 0.25) is 0 Å². The highest BCUT2D eigenvalue weighted by atomic mass is 32.1. The molecule has 0 amide bonds. The minimum Gasteiger partial charge on any atom is -0.430 e. The topological polar surface area (TPSA) is 56.5 Å². The van der Waals surface area contributed by atoms with Crippen molar-refractivity contribution in [2.45, 2.75) is 20.8 Å². The zero-order valence-corrected chi connectivity index (χ0v) is 12.2. The minimum absolute atomic E-state index is 0.195. The number of benzene rings is 1. The lowest BCUT2D eigenvalue weighted by Crippen LogP contribution is -2.14. The molecule has 0 aliphatic heterocycles. The third-order valence-corrected chi connectivity index (χ3v) is 3.89. The Morgan fingerprint density at radius 3 is 2.85 bits per heavy atom. The first-order chi connectivity index (χ1) is 9.54. The van der Waals surface area contributed by atoms with E-state index in [4.69, 9.17) is 4.74 Å². The Morgan fingerprint density at radius 2 is 2.05 bits per heavy atom. The van der Waals surface area contributed by atoms with Crippen LogP contribution in [0, 0.1) is 20.8 Å². The summed E-state index contributed by atoms with van der Waals surface area (Å²) in [6.07, 6.45) is 0. The van der Waals surface area contributed by atoms with E-state index in [1.54, 1.807) is 6.92 Å². The molecular formula is C14H13N3O2S. The van der Waals surface area contributed by atoms with Crippen LogP contribution in [-0.4, -0.2) is 14.6 Å². The highest BCUT2D eigenvalue weighted by Gasteiger charge is 2.11. The molecule has 2 aromatic heterocycles. The van der Waals surface area contributed by atoms with Gasteiger partial charge in [-0.3, -0.25) is 4.79 Å². The van der Waals surface area contributed by atoms with E-state index in [0.29, 0.717) is 15.8 Å². The molecule has 2 heterocycles. The summed E-state index contributed by atoms with van der Waals surface area (Å²) < 4.78 is 7.04. The lowest BCUT2D eigenvalue weighted by molar-refractivity contribution is 0.465. The predicted molar refractivity (Wildman–Crippen MR) is 77.9 cm³/mol. The van der Waals surface area contributed by atoms with E-state index < -0.39 is 0 Å². The first kappa shape index (κ1) is 12.8. The number of aromatic nitrogens is 3. The molecule has 0 spiro atoms. The van der Waals surface area contributed by atoms with Gasteiger partial charge in [0.15, 0.2) is 0 Å². The average molecular weight is 287 g/mol. The molecule has 0 unspecified atom stereocenters. The molecule has 0 saturated heterocycles. The van der Waals surface area contributed by atoms with Crippen molar-refractivity contribution in [3.63, 3.8) is 0 Å². The number of aryl methyl sites for hydroxylation is 2. The van der Waals surface area contributed by atoms with Crippen LogP contribution in [0.4, 0.5) is 0 Å². The second kappa shape index (κ2) is 4.72. The first-order valence-electron chi connectivity index (χ1n) is 6.16. The second-order valence-electron chi connectivity index (χ2n) is 4.60. The van der Waals surface area contributed by atoms with Gasteiger partial charge in [0.25, 0.3) is 10.8 Å². The summed E-state index contributed by atoms with van der Waals surface area (Å²) in [6, 6.07) is 7.29. The maximum absolute atomic E-state index is 11.8. The normalized spacial score (nSPS) is 10.9. The molecule has 1 aromatic carbocycles. The summed E-state index contributed by atoms with van der Waals surface area (Å²) in [5.41, 5.74) is 2.69. The molecule has 102 valence electrons. The average Bonchev–Trinajstić information content (AvgIpc) is 2.78. The van der Waals surface area contributed by atoms with Gasteiger partial charge in [-0.15, -0.1) is 5.10 Å². The van der Waals surface area contributed by atoms with Crippen molar-refractivity contribution in [3.8, 4) is 10.9 Å². The van der Waals surface area contributed by atoms with Gasteiger partial charge in [-0.2, -0.15) is 4.52 Å².